The Morgan fingerprint density at radius 1 is 1.33 bits per heavy atom. The first kappa shape index (κ1) is 12.2. The van der Waals surface area contributed by atoms with Crippen molar-refractivity contribution in [1.82, 2.24) is 4.90 Å². The van der Waals surface area contributed by atoms with Gasteiger partial charge in [-0.25, -0.2) is 0 Å². The van der Waals surface area contributed by atoms with E-state index in [1.165, 1.54) is 11.1 Å². The molecule has 0 heterocycles. The highest BCUT2D eigenvalue weighted by atomic mass is 15.0. The first-order valence-corrected chi connectivity index (χ1v) is 5.62. The molecule has 0 saturated heterocycles. The topological polar surface area (TPSA) is 29.3 Å². The Labute approximate surface area is 93.1 Å². The fourth-order valence-corrected chi connectivity index (χ4v) is 1.61. The van der Waals surface area contributed by atoms with E-state index in [1.54, 1.807) is 0 Å². The standard InChI is InChI=1S/C13H22N2/c1-4-11-6-5-7-12(10-11)13(14)8-9-15(2)3/h5-7,10,13H,4,8-9,14H2,1-3H3. The number of rotatable bonds is 5. The van der Waals surface area contributed by atoms with Crippen molar-refractivity contribution in [3.8, 4) is 0 Å². The smallest absolute Gasteiger partial charge is 0.0307 e. The number of benzene rings is 1. The molecule has 0 aliphatic rings. The van der Waals surface area contributed by atoms with Crippen molar-refractivity contribution in [2.45, 2.75) is 25.8 Å². The predicted octanol–water partition coefficient (Wildman–Crippen LogP) is 2.20. The van der Waals surface area contributed by atoms with Crippen LogP contribution in [0.5, 0.6) is 0 Å². The van der Waals surface area contributed by atoms with Crippen LogP contribution in [-0.4, -0.2) is 25.5 Å². The molecule has 1 rings (SSSR count). The van der Waals surface area contributed by atoms with Gasteiger partial charge in [0, 0.05) is 6.04 Å². The van der Waals surface area contributed by atoms with Gasteiger partial charge >= 0.3 is 0 Å². The van der Waals surface area contributed by atoms with E-state index in [0.29, 0.717) is 0 Å². The lowest BCUT2D eigenvalue weighted by molar-refractivity contribution is 0.382. The molecule has 1 atom stereocenters. The van der Waals surface area contributed by atoms with Gasteiger partial charge in [0.2, 0.25) is 0 Å². The van der Waals surface area contributed by atoms with Gasteiger partial charge in [-0.15, -0.1) is 0 Å². The lowest BCUT2D eigenvalue weighted by Crippen LogP contribution is -2.20. The van der Waals surface area contributed by atoms with Crippen molar-refractivity contribution in [1.29, 1.82) is 0 Å². The van der Waals surface area contributed by atoms with E-state index < -0.39 is 0 Å². The molecular formula is C13H22N2. The zero-order valence-electron chi connectivity index (χ0n) is 10.0. The van der Waals surface area contributed by atoms with Gasteiger partial charge in [-0.2, -0.15) is 0 Å². The van der Waals surface area contributed by atoms with Crippen molar-refractivity contribution >= 4 is 0 Å². The SMILES string of the molecule is CCc1cccc(C(N)CCN(C)C)c1. The molecule has 84 valence electrons. The number of nitrogens with zero attached hydrogens (tertiary/aromatic N) is 1. The van der Waals surface area contributed by atoms with E-state index in [2.05, 4.69) is 50.2 Å². The summed E-state index contributed by atoms with van der Waals surface area (Å²) in [4.78, 5) is 2.17. The highest BCUT2D eigenvalue weighted by Crippen LogP contribution is 2.15. The molecule has 2 N–H and O–H groups in total. The third kappa shape index (κ3) is 4.02. The minimum atomic E-state index is 0.166. The van der Waals surface area contributed by atoms with Crippen LogP contribution in [0.3, 0.4) is 0 Å². The van der Waals surface area contributed by atoms with Crippen LogP contribution in [0, 0.1) is 0 Å². The van der Waals surface area contributed by atoms with Crippen LogP contribution in [0.25, 0.3) is 0 Å². The summed E-state index contributed by atoms with van der Waals surface area (Å²) in [6.07, 6.45) is 2.09. The molecule has 0 bridgehead atoms. The monoisotopic (exact) mass is 206 g/mol. The maximum Gasteiger partial charge on any atom is 0.0307 e. The van der Waals surface area contributed by atoms with Gasteiger partial charge in [0.15, 0.2) is 0 Å². The average Bonchev–Trinajstić information content (AvgIpc) is 2.26. The lowest BCUT2D eigenvalue weighted by Gasteiger charge is -2.16. The molecule has 15 heavy (non-hydrogen) atoms. The molecule has 2 heteroatoms. The van der Waals surface area contributed by atoms with Crippen molar-refractivity contribution < 1.29 is 0 Å². The maximum atomic E-state index is 6.14. The quantitative estimate of drug-likeness (QED) is 0.800. The van der Waals surface area contributed by atoms with Gasteiger partial charge in [0.05, 0.1) is 0 Å². The molecule has 0 aromatic heterocycles. The summed E-state index contributed by atoms with van der Waals surface area (Å²) in [5, 5.41) is 0. The van der Waals surface area contributed by atoms with Crippen LogP contribution in [0.15, 0.2) is 24.3 Å². The Morgan fingerprint density at radius 3 is 2.67 bits per heavy atom. The highest BCUT2D eigenvalue weighted by Gasteiger charge is 2.06. The van der Waals surface area contributed by atoms with E-state index >= 15 is 0 Å². The van der Waals surface area contributed by atoms with E-state index in [-0.39, 0.29) is 6.04 Å². The molecular weight excluding hydrogens is 184 g/mol. The van der Waals surface area contributed by atoms with Crippen LogP contribution < -0.4 is 5.73 Å². The predicted molar refractivity (Wildman–Crippen MR) is 65.9 cm³/mol. The Kier molecular flexibility index (Phi) is 4.79. The van der Waals surface area contributed by atoms with Crippen molar-refractivity contribution in [3.05, 3.63) is 35.4 Å². The van der Waals surface area contributed by atoms with Crippen molar-refractivity contribution in [2.24, 2.45) is 5.73 Å². The van der Waals surface area contributed by atoms with Gasteiger partial charge in [-0.1, -0.05) is 31.2 Å². The Morgan fingerprint density at radius 2 is 2.07 bits per heavy atom. The van der Waals surface area contributed by atoms with Crippen LogP contribution >= 0.6 is 0 Å². The summed E-state index contributed by atoms with van der Waals surface area (Å²) in [5.74, 6) is 0. The third-order valence-corrected chi connectivity index (χ3v) is 2.67. The first-order chi connectivity index (χ1) is 7.13. The molecule has 0 fully saturated rings. The van der Waals surface area contributed by atoms with Gasteiger partial charge in [-0.3, -0.25) is 0 Å². The van der Waals surface area contributed by atoms with Crippen LogP contribution in [0.2, 0.25) is 0 Å². The molecule has 1 unspecified atom stereocenters. The fourth-order valence-electron chi connectivity index (χ4n) is 1.61. The second-order valence-electron chi connectivity index (χ2n) is 4.30. The summed E-state index contributed by atoms with van der Waals surface area (Å²) >= 11 is 0. The number of aryl methyl sites for hydroxylation is 1. The molecule has 0 spiro atoms. The molecule has 0 saturated carbocycles. The highest BCUT2D eigenvalue weighted by molar-refractivity contribution is 5.25. The lowest BCUT2D eigenvalue weighted by atomic mass is 10.0. The Balaban J connectivity index is 2.60. The summed E-state index contributed by atoms with van der Waals surface area (Å²) in [5.41, 5.74) is 8.77. The van der Waals surface area contributed by atoms with Gasteiger partial charge in [-0.05, 0) is 44.6 Å². The minimum absolute atomic E-state index is 0.166. The third-order valence-electron chi connectivity index (χ3n) is 2.67. The minimum Gasteiger partial charge on any atom is -0.324 e. The molecule has 0 amide bonds. The largest absolute Gasteiger partial charge is 0.324 e. The van der Waals surface area contributed by atoms with Crippen molar-refractivity contribution in [3.63, 3.8) is 0 Å². The molecule has 1 aromatic carbocycles. The number of hydrogen-bond donors (Lipinski definition) is 1. The Hall–Kier alpha value is -0.860. The molecule has 0 aliphatic heterocycles. The molecule has 2 nitrogen and oxygen atoms in total. The number of hydrogen-bond acceptors (Lipinski definition) is 2. The second-order valence-corrected chi connectivity index (χ2v) is 4.30. The maximum absolute atomic E-state index is 6.14. The molecule has 1 aromatic rings. The van der Waals surface area contributed by atoms with Gasteiger partial charge < -0.3 is 10.6 Å². The molecule has 0 aliphatic carbocycles. The van der Waals surface area contributed by atoms with Crippen molar-refractivity contribution in [2.75, 3.05) is 20.6 Å². The van der Waals surface area contributed by atoms with Crippen LogP contribution in [-0.2, 0) is 6.42 Å². The van der Waals surface area contributed by atoms with Gasteiger partial charge in [0.25, 0.3) is 0 Å². The normalized spacial score (nSPS) is 13.1. The number of nitrogens with two attached hydrogens (primary N) is 1. The zero-order valence-corrected chi connectivity index (χ0v) is 10.0. The fraction of sp³-hybridized carbons (Fsp3) is 0.538. The summed E-state index contributed by atoms with van der Waals surface area (Å²) in [7, 11) is 4.16. The van der Waals surface area contributed by atoms with Crippen LogP contribution in [0.1, 0.15) is 30.5 Å². The van der Waals surface area contributed by atoms with E-state index in [1.807, 2.05) is 0 Å². The van der Waals surface area contributed by atoms with Crippen LogP contribution in [0.4, 0.5) is 0 Å². The van der Waals surface area contributed by atoms with E-state index in [9.17, 15) is 0 Å². The first-order valence-electron chi connectivity index (χ1n) is 5.62. The summed E-state index contributed by atoms with van der Waals surface area (Å²) < 4.78 is 0. The summed E-state index contributed by atoms with van der Waals surface area (Å²) in [6.45, 7) is 3.21. The summed E-state index contributed by atoms with van der Waals surface area (Å²) in [6, 6.07) is 8.77. The average molecular weight is 206 g/mol. The molecule has 0 radical (unpaired) electrons. The van der Waals surface area contributed by atoms with E-state index in [4.69, 9.17) is 5.73 Å². The van der Waals surface area contributed by atoms with Gasteiger partial charge in [0.1, 0.15) is 0 Å². The Bertz CT molecular complexity index is 294. The zero-order chi connectivity index (χ0) is 11.3. The second kappa shape index (κ2) is 5.89. The van der Waals surface area contributed by atoms with E-state index in [0.717, 1.165) is 19.4 Å².